The summed E-state index contributed by atoms with van der Waals surface area (Å²) in [5.74, 6) is 0. The molecule has 2 rings (SSSR count). The van der Waals surface area contributed by atoms with Crippen LogP contribution >= 0.6 is 27.3 Å². The lowest BCUT2D eigenvalue weighted by Crippen LogP contribution is -2.13. The molecule has 0 saturated heterocycles. The molecule has 19 heavy (non-hydrogen) atoms. The third-order valence-electron chi connectivity index (χ3n) is 2.64. The zero-order valence-corrected chi connectivity index (χ0v) is 13.6. The van der Waals surface area contributed by atoms with Gasteiger partial charge in [-0.25, -0.2) is 8.42 Å². The minimum Gasteiger partial charge on any atom is -0.397 e. The Bertz CT molecular complexity index is 684. The van der Waals surface area contributed by atoms with Crippen molar-refractivity contribution in [1.29, 1.82) is 0 Å². The van der Waals surface area contributed by atoms with Crippen LogP contribution in [-0.2, 0) is 10.0 Å². The zero-order valence-electron chi connectivity index (χ0n) is 10.4. The lowest BCUT2D eigenvalue weighted by molar-refractivity contribution is 0.603. The van der Waals surface area contributed by atoms with Gasteiger partial charge in [-0.15, -0.1) is 11.3 Å². The fraction of sp³-hybridized carbons (Fsp3) is 0.167. The fourth-order valence-electron chi connectivity index (χ4n) is 1.58. The predicted octanol–water partition coefficient (Wildman–Crippen LogP) is 3.51. The van der Waals surface area contributed by atoms with Crippen LogP contribution < -0.4 is 10.5 Å². The van der Waals surface area contributed by atoms with Gasteiger partial charge in [0.25, 0.3) is 10.0 Å². The number of hydrogen-bond acceptors (Lipinski definition) is 4. The molecule has 4 nitrogen and oxygen atoms in total. The summed E-state index contributed by atoms with van der Waals surface area (Å²) in [6.07, 6.45) is 0. The minimum absolute atomic E-state index is 0.263. The van der Waals surface area contributed by atoms with Crippen LogP contribution in [-0.4, -0.2) is 8.42 Å². The summed E-state index contributed by atoms with van der Waals surface area (Å²) in [5.41, 5.74) is 8.34. The lowest BCUT2D eigenvalue weighted by atomic mass is 10.2. The zero-order chi connectivity index (χ0) is 14.2. The van der Waals surface area contributed by atoms with Crippen LogP contribution in [0.3, 0.4) is 0 Å². The maximum atomic E-state index is 12.3. The molecule has 0 atom stereocenters. The number of halogens is 1. The van der Waals surface area contributed by atoms with E-state index in [1.165, 1.54) is 11.3 Å². The topological polar surface area (TPSA) is 72.2 Å². The second-order valence-corrected chi connectivity index (χ2v) is 8.45. The summed E-state index contributed by atoms with van der Waals surface area (Å²) >= 11 is 4.50. The van der Waals surface area contributed by atoms with Gasteiger partial charge in [-0.1, -0.05) is 12.1 Å². The Morgan fingerprint density at radius 2 is 1.95 bits per heavy atom. The van der Waals surface area contributed by atoms with Gasteiger partial charge in [0.15, 0.2) is 0 Å². The third-order valence-corrected chi connectivity index (χ3v) is 6.60. The Balaban J connectivity index is 2.42. The van der Waals surface area contributed by atoms with Crippen LogP contribution in [0.5, 0.6) is 0 Å². The smallest absolute Gasteiger partial charge is 0.271 e. The molecule has 0 aliphatic carbocycles. The molecule has 2 aromatic rings. The average Bonchev–Trinajstić information content (AvgIpc) is 2.66. The number of hydrogen-bond donors (Lipinski definition) is 2. The number of thiophene rings is 1. The van der Waals surface area contributed by atoms with E-state index in [-0.39, 0.29) is 4.21 Å². The first-order chi connectivity index (χ1) is 8.81. The van der Waals surface area contributed by atoms with E-state index in [1.807, 2.05) is 19.9 Å². The molecule has 0 saturated carbocycles. The van der Waals surface area contributed by atoms with Crippen molar-refractivity contribution in [2.75, 3.05) is 10.5 Å². The SMILES string of the molecule is Cc1cc(S(=O)(=O)Nc2c(C)cccc2N)sc1Br. The fourth-order valence-corrected chi connectivity index (χ4v) is 4.96. The summed E-state index contributed by atoms with van der Waals surface area (Å²) in [6, 6.07) is 6.89. The summed E-state index contributed by atoms with van der Waals surface area (Å²) in [7, 11) is -3.60. The van der Waals surface area contributed by atoms with Gasteiger partial charge in [0, 0.05) is 0 Å². The number of aryl methyl sites for hydroxylation is 2. The van der Waals surface area contributed by atoms with Crippen molar-refractivity contribution >= 4 is 48.7 Å². The highest BCUT2D eigenvalue weighted by molar-refractivity contribution is 9.11. The molecule has 0 fully saturated rings. The van der Waals surface area contributed by atoms with E-state index >= 15 is 0 Å². The van der Waals surface area contributed by atoms with Gasteiger partial charge in [-0.05, 0) is 53.0 Å². The molecule has 7 heteroatoms. The van der Waals surface area contributed by atoms with E-state index in [0.717, 1.165) is 14.9 Å². The number of sulfonamides is 1. The van der Waals surface area contributed by atoms with Crippen LogP contribution in [0.2, 0.25) is 0 Å². The van der Waals surface area contributed by atoms with Crippen molar-refractivity contribution in [2.24, 2.45) is 0 Å². The molecule has 0 unspecified atom stereocenters. The molecule has 1 aromatic carbocycles. The monoisotopic (exact) mass is 360 g/mol. The number of para-hydroxylation sites is 1. The summed E-state index contributed by atoms with van der Waals surface area (Å²) in [5, 5.41) is 0. The second kappa shape index (κ2) is 5.15. The van der Waals surface area contributed by atoms with E-state index in [4.69, 9.17) is 5.73 Å². The van der Waals surface area contributed by atoms with Crippen molar-refractivity contribution in [3.63, 3.8) is 0 Å². The first kappa shape index (κ1) is 14.4. The Morgan fingerprint density at radius 3 is 2.47 bits per heavy atom. The number of nitrogens with two attached hydrogens (primary N) is 1. The first-order valence-corrected chi connectivity index (χ1v) is 8.54. The highest BCUT2D eigenvalue weighted by Gasteiger charge is 2.20. The van der Waals surface area contributed by atoms with Gasteiger partial charge >= 0.3 is 0 Å². The Kier molecular flexibility index (Phi) is 3.89. The number of nitrogen functional groups attached to an aromatic ring is 1. The third kappa shape index (κ3) is 2.93. The van der Waals surface area contributed by atoms with Crippen LogP contribution in [0.4, 0.5) is 11.4 Å². The molecule has 0 amide bonds. The number of anilines is 2. The molecule has 0 aliphatic heterocycles. The van der Waals surface area contributed by atoms with Gasteiger partial charge in [0.05, 0.1) is 15.2 Å². The standard InChI is InChI=1S/C12H13BrN2O2S2/c1-7-4-3-5-9(14)11(7)15-19(16,17)10-6-8(2)12(13)18-10/h3-6,15H,14H2,1-2H3. The largest absolute Gasteiger partial charge is 0.397 e. The van der Waals surface area contributed by atoms with Crippen LogP contribution in [0.25, 0.3) is 0 Å². The van der Waals surface area contributed by atoms with E-state index in [1.54, 1.807) is 18.2 Å². The Hall–Kier alpha value is -1.05. The maximum Gasteiger partial charge on any atom is 0.271 e. The van der Waals surface area contributed by atoms with Crippen molar-refractivity contribution in [1.82, 2.24) is 0 Å². The van der Waals surface area contributed by atoms with Gasteiger partial charge in [0.2, 0.25) is 0 Å². The normalized spacial score (nSPS) is 11.5. The number of rotatable bonds is 3. The van der Waals surface area contributed by atoms with Crippen LogP contribution in [0, 0.1) is 13.8 Å². The maximum absolute atomic E-state index is 12.3. The molecule has 3 N–H and O–H groups in total. The summed E-state index contributed by atoms with van der Waals surface area (Å²) in [4.78, 5) is 0. The highest BCUT2D eigenvalue weighted by Crippen LogP contribution is 2.33. The first-order valence-electron chi connectivity index (χ1n) is 5.45. The molecule has 102 valence electrons. The molecule has 1 heterocycles. The Morgan fingerprint density at radius 1 is 1.26 bits per heavy atom. The van der Waals surface area contributed by atoms with Gasteiger partial charge in [0.1, 0.15) is 4.21 Å². The van der Waals surface area contributed by atoms with Crippen LogP contribution in [0.15, 0.2) is 32.3 Å². The molecule has 0 radical (unpaired) electrons. The summed E-state index contributed by atoms with van der Waals surface area (Å²) < 4.78 is 28.2. The molecule has 0 bridgehead atoms. The average molecular weight is 361 g/mol. The van der Waals surface area contributed by atoms with E-state index in [9.17, 15) is 8.42 Å². The number of benzene rings is 1. The van der Waals surface area contributed by atoms with E-state index in [2.05, 4.69) is 20.7 Å². The van der Waals surface area contributed by atoms with Crippen molar-refractivity contribution < 1.29 is 8.42 Å². The van der Waals surface area contributed by atoms with Crippen molar-refractivity contribution in [2.45, 2.75) is 18.1 Å². The van der Waals surface area contributed by atoms with E-state index in [0.29, 0.717) is 11.4 Å². The molecule has 0 aliphatic rings. The van der Waals surface area contributed by atoms with Gasteiger partial charge < -0.3 is 5.73 Å². The van der Waals surface area contributed by atoms with Crippen molar-refractivity contribution in [3.05, 3.63) is 39.2 Å². The molecular formula is C12H13BrN2O2S2. The lowest BCUT2D eigenvalue weighted by Gasteiger charge is -2.11. The predicted molar refractivity (Wildman–Crippen MR) is 83.2 cm³/mol. The molecular weight excluding hydrogens is 348 g/mol. The van der Waals surface area contributed by atoms with Gasteiger partial charge in [-0.2, -0.15) is 0 Å². The van der Waals surface area contributed by atoms with Crippen LogP contribution in [0.1, 0.15) is 11.1 Å². The summed E-state index contributed by atoms with van der Waals surface area (Å²) in [6.45, 7) is 3.66. The van der Waals surface area contributed by atoms with Crippen molar-refractivity contribution in [3.8, 4) is 0 Å². The second-order valence-electron chi connectivity index (χ2n) is 4.17. The highest BCUT2D eigenvalue weighted by atomic mass is 79.9. The Labute approximate surface area is 124 Å². The molecule has 0 spiro atoms. The van der Waals surface area contributed by atoms with Gasteiger partial charge in [-0.3, -0.25) is 4.72 Å². The van der Waals surface area contributed by atoms with E-state index < -0.39 is 10.0 Å². The minimum atomic E-state index is -3.60. The number of nitrogens with one attached hydrogen (secondary N) is 1. The molecule has 1 aromatic heterocycles. The quantitative estimate of drug-likeness (QED) is 0.822.